The minimum absolute atomic E-state index is 0.472. The molecule has 4 nitrogen and oxygen atoms in total. The third kappa shape index (κ3) is 9.44. The summed E-state index contributed by atoms with van der Waals surface area (Å²) in [5.74, 6) is 1.66. The van der Waals surface area contributed by atoms with E-state index in [9.17, 15) is 0 Å². The van der Waals surface area contributed by atoms with Gasteiger partial charge < -0.3 is 9.47 Å². The molecule has 0 fully saturated rings. The molecule has 0 aliphatic heterocycles. The molecular weight excluding hydrogens is 542 g/mol. The van der Waals surface area contributed by atoms with Crippen molar-refractivity contribution in [3.05, 3.63) is 36.7 Å². The average molecular weight is 566 g/mol. The van der Waals surface area contributed by atoms with Gasteiger partial charge in [-0.2, -0.15) is 0 Å². The summed E-state index contributed by atoms with van der Waals surface area (Å²) in [5, 5.41) is 0. The number of halogens is 2. The molecule has 0 atom stereocenters. The zero-order chi connectivity index (χ0) is 18.3. The van der Waals surface area contributed by atoms with E-state index in [0.717, 1.165) is 61.8 Å². The molecule has 0 amide bonds. The molecule has 0 unspecified atom stereocenters. The van der Waals surface area contributed by atoms with Crippen molar-refractivity contribution in [2.75, 3.05) is 13.2 Å². The number of nitrogens with zero attached hydrogens (tertiary/aromatic N) is 2. The van der Waals surface area contributed by atoms with E-state index >= 15 is 0 Å². The molecule has 2 aromatic rings. The van der Waals surface area contributed by atoms with Gasteiger partial charge in [0.05, 0.1) is 24.6 Å². The summed E-state index contributed by atoms with van der Waals surface area (Å²) < 4.78 is 11.4. The monoisotopic (exact) mass is 565 g/mol. The van der Waals surface area contributed by atoms with E-state index in [2.05, 4.69) is 23.8 Å². The number of ether oxygens (including phenoxy) is 2. The first-order chi connectivity index (χ1) is 12.2. The summed E-state index contributed by atoms with van der Waals surface area (Å²) >= 11 is -0.472. The van der Waals surface area contributed by atoms with E-state index in [4.69, 9.17) is 28.3 Å². The van der Waals surface area contributed by atoms with Crippen LogP contribution in [0.2, 0.25) is 0 Å². The summed E-state index contributed by atoms with van der Waals surface area (Å²) in [5.41, 5.74) is 1.60. The minimum atomic E-state index is -0.472. The fourth-order valence-corrected chi connectivity index (χ4v) is 1.95. The van der Waals surface area contributed by atoms with Gasteiger partial charge in [0.15, 0.2) is 0 Å². The topological polar surface area (TPSA) is 44.2 Å². The van der Waals surface area contributed by atoms with Crippen molar-refractivity contribution in [3.63, 3.8) is 0 Å². The Hall–Kier alpha value is -0.832. The molecule has 0 bridgehead atoms. The van der Waals surface area contributed by atoms with Gasteiger partial charge in [0.2, 0.25) is 0 Å². The van der Waals surface area contributed by atoms with Gasteiger partial charge >= 0.3 is 35.3 Å². The number of unbranched alkanes of at least 4 members (excludes halogenated alkanes) is 2. The second-order valence-corrected chi connectivity index (χ2v) is 8.49. The standard InChI is InChI=1S/C18H24N2O2.2ClH.Pt/c1-3-5-11-21-15-7-9-19-17(13-15)18-14-16(8-10-20-18)22-12-6-4-2;;;/h7-10,13-14H,3-6,11-12H2,1-2H3;2*1H;/q;;;+2/p-2. The summed E-state index contributed by atoms with van der Waals surface area (Å²) in [6.07, 6.45) is 7.85. The molecule has 7 heteroatoms. The van der Waals surface area contributed by atoms with Crippen molar-refractivity contribution >= 4 is 18.8 Å². The summed E-state index contributed by atoms with van der Waals surface area (Å²) in [6, 6.07) is 7.60. The number of hydrogen-bond acceptors (Lipinski definition) is 4. The van der Waals surface area contributed by atoms with E-state index < -0.39 is 16.5 Å². The SMILES string of the molecule is CCCCOc1ccnc(-c2cc(OCCCC)ccn2)c1.[Cl][Pt][Cl]. The van der Waals surface area contributed by atoms with Crippen molar-refractivity contribution in [3.8, 4) is 22.9 Å². The van der Waals surface area contributed by atoms with E-state index in [1.165, 1.54) is 0 Å². The Balaban J connectivity index is 0.000000970. The van der Waals surface area contributed by atoms with Crippen LogP contribution in [-0.4, -0.2) is 23.2 Å². The van der Waals surface area contributed by atoms with Crippen LogP contribution in [0.1, 0.15) is 39.5 Å². The Morgan fingerprint density at radius 3 is 1.60 bits per heavy atom. The first-order valence-electron chi connectivity index (χ1n) is 8.25. The van der Waals surface area contributed by atoms with Crippen LogP contribution in [-0.2, 0) is 16.5 Å². The van der Waals surface area contributed by atoms with Gasteiger partial charge in [-0.15, -0.1) is 0 Å². The van der Waals surface area contributed by atoms with Gasteiger partial charge in [0.25, 0.3) is 0 Å². The molecule has 0 aromatic carbocycles. The predicted molar refractivity (Wildman–Crippen MR) is 100.0 cm³/mol. The molecule has 142 valence electrons. The van der Waals surface area contributed by atoms with Gasteiger partial charge in [-0.1, -0.05) is 26.7 Å². The second-order valence-electron chi connectivity index (χ2n) is 5.20. The Labute approximate surface area is 166 Å². The Bertz CT molecular complexity index is 551. The molecule has 0 aliphatic rings. The molecule has 0 saturated heterocycles. The summed E-state index contributed by atoms with van der Waals surface area (Å²) in [4.78, 5) is 8.75. The molecule has 0 N–H and O–H groups in total. The van der Waals surface area contributed by atoms with Gasteiger partial charge in [-0.3, -0.25) is 9.97 Å². The van der Waals surface area contributed by atoms with Crippen molar-refractivity contribution < 1.29 is 26.0 Å². The first kappa shape index (κ1) is 22.2. The molecular formula is C18H24Cl2N2O2Pt. The summed E-state index contributed by atoms with van der Waals surface area (Å²) in [6.45, 7) is 5.76. The van der Waals surface area contributed by atoms with E-state index in [-0.39, 0.29) is 0 Å². The van der Waals surface area contributed by atoms with Gasteiger partial charge in [-0.25, -0.2) is 0 Å². The third-order valence-electron chi connectivity index (χ3n) is 3.26. The van der Waals surface area contributed by atoms with E-state index in [1.54, 1.807) is 12.4 Å². The van der Waals surface area contributed by atoms with Crippen LogP contribution >= 0.6 is 18.8 Å². The molecule has 0 saturated carbocycles. The number of aromatic nitrogens is 2. The fraction of sp³-hybridized carbons (Fsp3) is 0.444. The molecule has 2 rings (SSSR count). The number of pyridine rings is 2. The quantitative estimate of drug-likeness (QED) is 0.356. The number of hydrogen-bond donors (Lipinski definition) is 0. The summed E-state index contributed by atoms with van der Waals surface area (Å²) in [7, 11) is 9.75. The average Bonchev–Trinajstić information content (AvgIpc) is 2.63. The Kier molecular flexibility index (Phi) is 12.7. The molecule has 0 radical (unpaired) electrons. The van der Waals surface area contributed by atoms with Crippen LogP contribution in [0, 0.1) is 0 Å². The maximum atomic E-state index is 5.72. The van der Waals surface area contributed by atoms with Crippen molar-refractivity contribution in [2.45, 2.75) is 39.5 Å². The Morgan fingerprint density at radius 2 is 1.24 bits per heavy atom. The number of rotatable bonds is 9. The van der Waals surface area contributed by atoms with Gasteiger partial charge in [-0.05, 0) is 25.0 Å². The van der Waals surface area contributed by atoms with Crippen LogP contribution in [0.5, 0.6) is 11.5 Å². The normalized spacial score (nSPS) is 10.1. The van der Waals surface area contributed by atoms with Crippen LogP contribution in [0.3, 0.4) is 0 Å². The maximum absolute atomic E-state index is 5.72. The molecule has 0 aliphatic carbocycles. The van der Waals surface area contributed by atoms with Crippen LogP contribution in [0.15, 0.2) is 36.7 Å². The molecule has 2 aromatic heterocycles. The van der Waals surface area contributed by atoms with Crippen LogP contribution in [0.25, 0.3) is 11.4 Å². The van der Waals surface area contributed by atoms with Crippen LogP contribution < -0.4 is 9.47 Å². The van der Waals surface area contributed by atoms with Gasteiger partial charge in [0.1, 0.15) is 11.5 Å². The first-order valence-corrected chi connectivity index (χ1v) is 13.9. The molecule has 25 heavy (non-hydrogen) atoms. The zero-order valence-corrected chi connectivity index (χ0v) is 18.3. The zero-order valence-electron chi connectivity index (χ0n) is 14.5. The molecule has 2 heterocycles. The van der Waals surface area contributed by atoms with Crippen LogP contribution in [0.4, 0.5) is 0 Å². The predicted octanol–water partition coefficient (Wildman–Crippen LogP) is 5.88. The van der Waals surface area contributed by atoms with Crippen molar-refractivity contribution in [2.24, 2.45) is 0 Å². The molecule has 0 spiro atoms. The van der Waals surface area contributed by atoms with Crippen molar-refractivity contribution in [1.29, 1.82) is 0 Å². The van der Waals surface area contributed by atoms with E-state index in [0.29, 0.717) is 0 Å². The fourth-order valence-electron chi connectivity index (χ4n) is 1.95. The Morgan fingerprint density at radius 1 is 0.840 bits per heavy atom. The second kappa shape index (κ2) is 14.3. The third-order valence-corrected chi connectivity index (χ3v) is 3.26. The van der Waals surface area contributed by atoms with Gasteiger partial charge in [0, 0.05) is 24.5 Å². The van der Waals surface area contributed by atoms with Crippen molar-refractivity contribution in [1.82, 2.24) is 9.97 Å². The van der Waals surface area contributed by atoms with E-state index in [1.807, 2.05) is 24.3 Å².